The number of hydrogen-bond donors (Lipinski definition) is 0. The van der Waals surface area contributed by atoms with Crippen molar-refractivity contribution in [2.75, 3.05) is 35.1 Å². The predicted molar refractivity (Wildman–Crippen MR) is 73.8 cm³/mol. The summed E-state index contributed by atoms with van der Waals surface area (Å²) in [5.74, 6) is 0. The highest BCUT2D eigenvalue weighted by atomic mass is 32.2. The van der Waals surface area contributed by atoms with Crippen molar-refractivity contribution in [3.8, 4) is 0 Å². The number of sulfonamides is 1. The van der Waals surface area contributed by atoms with E-state index in [4.69, 9.17) is 0 Å². The molecule has 1 aromatic carbocycles. The Morgan fingerprint density at radius 3 is 2.50 bits per heavy atom. The van der Waals surface area contributed by atoms with Crippen molar-refractivity contribution < 1.29 is 8.42 Å². The van der Waals surface area contributed by atoms with Gasteiger partial charge in [0.25, 0.3) is 0 Å². The molecule has 4 nitrogen and oxygen atoms in total. The largest absolute Gasteiger partial charge is 0.372 e. The van der Waals surface area contributed by atoms with Gasteiger partial charge in [-0.2, -0.15) is 0 Å². The normalized spacial score (nSPS) is 19.4. The van der Waals surface area contributed by atoms with Gasteiger partial charge in [-0.25, -0.2) is 8.42 Å². The van der Waals surface area contributed by atoms with Crippen LogP contribution < -0.4 is 9.21 Å². The fourth-order valence-electron chi connectivity index (χ4n) is 2.87. The van der Waals surface area contributed by atoms with Crippen LogP contribution in [0.1, 0.15) is 18.4 Å². The van der Waals surface area contributed by atoms with Crippen molar-refractivity contribution in [3.05, 3.63) is 23.8 Å². The molecule has 0 radical (unpaired) electrons. The van der Waals surface area contributed by atoms with E-state index in [-0.39, 0.29) is 0 Å². The van der Waals surface area contributed by atoms with E-state index >= 15 is 0 Å². The molecule has 0 bridgehead atoms. The first-order valence-corrected chi connectivity index (χ1v) is 8.26. The molecule has 0 spiro atoms. The average Bonchev–Trinajstić information content (AvgIpc) is 2.96. The molecule has 2 heterocycles. The highest BCUT2D eigenvalue weighted by Crippen LogP contribution is 2.33. The second kappa shape index (κ2) is 4.16. The van der Waals surface area contributed by atoms with Crippen molar-refractivity contribution in [1.82, 2.24) is 0 Å². The van der Waals surface area contributed by atoms with Gasteiger partial charge in [0, 0.05) is 25.3 Å². The zero-order valence-electron chi connectivity index (χ0n) is 10.6. The minimum absolute atomic E-state index is 0.581. The molecule has 0 amide bonds. The molecule has 98 valence electrons. The van der Waals surface area contributed by atoms with E-state index in [1.54, 1.807) is 0 Å². The summed E-state index contributed by atoms with van der Waals surface area (Å²) in [5.41, 5.74) is 3.26. The number of hydrogen-bond acceptors (Lipinski definition) is 3. The van der Waals surface area contributed by atoms with E-state index in [9.17, 15) is 8.42 Å². The molecule has 1 saturated heterocycles. The van der Waals surface area contributed by atoms with Crippen molar-refractivity contribution >= 4 is 21.4 Å². The summed E-state index contributed by atoms with van der Waals surface area (Å²) in [7, 11) is -3.13. The van der Waals surface area contributed by atoms with Gasteiger partial charge in [-0.05, 0) is 43.0 Å². The van der Waals surface area contributed by atoms with Gasteiger partial charge >= 0.3 is 0 Å². The zero-order valence-corrected chi connectivity index (χ0v) is 11.4. The summed E-state index contributed by atoms with van der Waals surface area (Å²) in [5, 5.41) is 0. The average molecular weight is 266 g/mol. The van der Waals surface area contributed by atoms with E-state index in [0.29, 0.717) is 6.54 Å². The molecule has 0 aromatic heterocycles. The lowest BCUT2D eigenvalue weighted by atomic mass is 10.1. The molecule has 2 aliphatic rings. The van der Waals surface area contributed by atoms with Crippen LogP contribution in [-0.2, 0) is 16.4 Å². The van der Waals surface area contributed by atoms with E-state index in [1.165, 1.54) is 29.1 Å². The fourth-order valence-corrected chi connectivity index (χ4v) is 3.83. The number of fused-ring (bicyclic) bond motifs is 1. The minimum atomic E-state index is -3.13. The molecule has 2 aliphatic heterocycles. The Bertz CT molecular complexity index is 562. The van der Waals surface area contributed by atoms with Crippen molar-refractivity contribution in [3.63, 3.8) is 0 Å². The summed E-state index contributed by atoms with van der Waals surface area (Å²) < 4.78 is 24.8. The van der Waals surface area contributed by atoms with Crippen LogP contribution in [0.5, 0.6) is 0 Å². The van der Waals surface area contributed by atoms with E-state index in [1.807, 2.05) is 12.1 Å². The van der Waals surface area contributed by atoms with Crippen LogP contribution in [-0.4, -0.2) is 34.3 Å². The number of rotatable bonds is 2. The summed E-state index contributed by atoms with van der Waals surface area (Å²) in [6.07, 6.45) is 4.61. The maximum absolute atomic E-state index is 11.7. The van der Waals surface area contributed by atoms with Crippen LogP contribution >= 0.6 is 0 Å². The van der Waals surface area contributed by atoms with Gasteiger partial charge in [-0.1, -0.05) is 0 Å². The summed E-state index contributed by atoms with van der Waals surface area (Å²) in [6, 6.07) is 6.16. The second-order valence-corrected chi connectivity index (χ2v) is 7.00. The Hall–Kier alpha value is -1.23. The first kappa shape index (κ1) is 11.8. The van der Waals surface area contributed by atoms with Crippen LogP contribution in [0.15, 0.2) is 18.2 Å². The number of benzene rings is 1. The van der Waals surface area contributed by atoms with E-state index in [2.05, 4.69) is 11.0 Å². The van der Waals surface area contributed by atoms with Gasteiger partial charge in [0.05, 0.1) is 11.9 Å². The Morgan fingerprint density at radius 1 is 1.11 bits per heavy atom. The third-order valence-electron chi connectivity index (χ3n) is 3.79. The second-order valence-electron chi connectivity index (χ2n) is 5.09. The Labute approximate surface area is 108 Å². The van der Waals surface area contributed by atoms with E-state index in [0.717, 1.165) is 30.8 Å². The van der Waals surface area contributed by atoms with Crippen LogP contribution in [0.2, 0.25) is 0 Å². The third kappa shape index (κ3) is 1.96. The molecule has 18 heavy (non-hydrogen) atoms. The maximum atomic E-state index is 11.7. The molecule has 0 unspecified atom stereocenters. The summed E-state index contributed by atoms with van der Waals surface area (Å²) >= 11 is 0. The topological polar surface area (TPSA) is 40.6 Å². The van der Waals surface area contributed by atoms with Crippen LogP contribution in [0, 0.1) is 0 Å². The molecule has 0 N–H and O–H groups in total. The molecule has 1 aromatic rings. The lowest BCUT2D eigenvalue weighted by Crippen LogP contribution is -2.27. The van der Waals surface area contributed by atoms with Crippen LogP contribution in [0.3, 0.4) is 0 Å². The lowest BCUT2D eigenvalue weighted by molar-refractivity contribution is 0.598. The van der Waals surface area contributed by atoms with Crippen molar-refractivity contribution in [1.29, 1.82) is 0 Å². The first-order chi connectivity index (χ1) is 8.55. The molecule has 0 aliphatic carbocycles. The van der Waals surface area contributed by atoms with Crippen molar-refractivity contribution in [2.24, 2.45) is 0 Å². The quantitative estimate of drug-likeness (QED) is 0.816. The minimum Gasteiger partial charge on any atom is -0.372 e. The molecular weight excluding hydrogens is 248 g/mol. The van der Waals surface area contributed by atoms with Gasteiger partial charge in [0.1, 0.15) is 0 Å². The van der Waals surface area contributed by atoms with Crippen molar-refractivity contribution in [2.45, 2.75) is 19.3 Å². The summed E-state index contributed by atoms with van der Waals surface area (Å²) in [6.45, 7) is 2.82. The SMILES string of the molecule is CS(=O)(=O)N1CCc2cc(N3CCCC3)ccc21. The van der Waals surface area contributed by atoms with Gasteiger partial charge in [0.2, 0.25) is 10.0 Å². The predicted octanol–water partition coefficient (Wildman–Crippen LogP) is 1.61. The highest BCUT2D eigenvalue weighted by molar-refractivity contribution is 7.92. The highest BCUT2D eigenvalue weighted by Gasteiger charge is 2.26. The number of nitrogens with zero attached hydrogens (tertiary/aromatic N) is 2. The fraction of sp³-hybridized carbons (Fsp3) is 0.538. The van der Waals surface area contributed by atoms with E-state index < -0.39 is 10.0 Å². The Kier molecular flexibility index (Phi) is 2.73. The summed E-state index contributed by atoms with van der Waals surface area (Å²) in [4.78, 5) is 2.38. The molecular formula is C13H18N2O2S. The van der Waals surface area contributed by atoms with Gasteiger partial charge in [0.15, 0.2) is 0 Å². The Balaban J connectivity index is 1.94. The number of anilines is 2. The van der Waals surface area contributed by atoms with Gasteiger partial charge in [-0.3, -0.25) is 4.31 Å². The molecule has 0 saturated carbocycles. The van der Waals surface area contributed by atoms with Crippen LogP contribution in [0.4, 0.5) is 11.4 Å². The Morgan fingerprint density at radius 2 is 1.83 bits per heavy atom. The van der Waals surface area contributed by atoms with Gasteiger partial charge in [-0.15, -0.1) is 0 Å². The monoisotopic (exact) mass is 266 g/mol. The lowest BCUT2D eigenvalue weighted by Gasteiger charge is -2.20. The van der Waals surface area contributed by atoms with Crippen LogP contribution in [0.25, 0.3) is 0 Å². The molecule has 5 heteroatoms. The molecule has 1 fully saturated rings. The molecule has 3 rings (SSSR count). The molecule has 0 atom stereocenters. The third-order valence-corrected chi connectivity index (χ3v) is 4.97. The van der Waals surface area contributed by atoms with Gasteiger partial charge < -0.3 is 4.90 Å². The standard InChI is InChI=1S/C13H18N2O2S/c1-18(16,17)15-9-6-11-10-12(4-5-13(11)15)14-7-2-3-8-14/h4-5,10H,2-3,6-9H2,1H3. The first-order valence-electron chi connectivity index (χ1n) is 6.41. The smallest absolute Gasteiger partial charge is 0.232 e. The zero-order chi connectivity index (χ0) is 12.8. The maximum Gasteiger partial charge on any atom is 0.232 e.